The zero-order chi connectivity index (χ0) is 11.5. The van der Waals surface area contributed by atoms with Crippen LogP contribution in [0.4, 0.5) is 0 Å². The van der Waals surface area contributed by atoms with Gasteiger partial charge in [-0.2, -0.15) is 0 Å². The molecule has 5 heteroatoms. The minimum atomic E-state index is -0.345. The smallest absolute Gasteiger partial charge is 0.137 e. The van der Waals surface area contributed by atoms with Crippen molar-refractivity contribution in [3.63, 3.8) is 0 Å². The van der Waals surface area contributed by atoms with E-state index in [1.807, 2.05) is 22.7 Å². The zero-order valence-corrected chi connectivity index (χ0v) is 9.78. The lowest BCUT2D eigenvalue weighted by atomic mass is 10.4. The first-order chi connectivity index (χ1) is 7.66. The van der Waals surface area contributed by atoms with Gasteiger partial charge < -0.3 is 14.8 Å². The van der Waals surface area contributed by atoms with E-state index in [1.54, 1.807) is 13.1 Å². The Morgan fingerprint density at radius 1 is 1.56 bits per heavy atom. The topological polar surface area (TPSA) is 49.6 Å². The minimum Gasteiger partial charge on any atom is -0.392 e. The van der Waals surface area contributed by atoms with Crippen LogP contribution in [0, 0.1) is 0 Å². The van der Waals surface area contributed by atoms with Gasteiger partial charge in [0.25, 0.3) is 0 Å². The van der Waals surface area contributed by atoms with E-state index in [-0.39, 0.29) is 6.10 Å². The van der Waals surface area contributed by atoms with Gasteiger partial charge in [-0.15, -0.1) is 0 Å². The monoisotopic (exact) mass is 239 g/mol. The number of aliphatic hydroxyl groups is 1. The van der Waals surface area contributed by atoms with E-state index in [1.165, 1.54) is 0 Å². The molecule has 2 aromatic heterocycles. The third-order valence-corrected chi connectivity index (χ3v) is 2.52. The van der Waals surface area contributed by atoms with E-state index >= 15 is 0 Å². The summed E-state index contributed by atoms with van der Waals surface area (Å²) in [4.78, 5) is 4.26. The van der Waals surface area contributed by atoms with E-state index in [9.17, 15) is 0 Å². The number of hydrogen-bond acceptors (Lipinski definition) is 3. The van der Waals surface area contributed by atoms with Gasteiger partial charge in [-0.05, 0) is 19.1 Å². The Labute approximate surface area is 98.9 Å². The number of aromatic nitrogens is 2. The number of nitrogens with zero attached hydrogens (tertiary/aromatic N) is 2. The predicted molar refractivity (Wildman–Crippen MR) is 63.6 cm³/mol. The van der Waals surface area contributed by atoms with Crippen molar-refractivity contribution in [2.75, 3.05) is 6.54 Å². The summed E-state index contributed by atoms with van der Waals surface area (Å²) in [6.07, 6.45) is 3.30. The molecule has 0 fully saturated rings. The van der Waals surface area contributed by atoms with Crippen LogP contribution >= 0.6 is 11.6 Å². The van der Waals surface area contributed by atoms with E-state index in [0.29, 0.717) is 18.1 Å². The average Bonchev–Trinajstić information content (AvgIpc) is 2.60. The molecule has 2 N–H and O–H groups in total. The molecule has 0 saturated heterocycles. The first-order valence-corrected chi connectivity index (χ1v) is 5.55. The predicted octanol–water partition coefficient (Wildman–Crippen LogP) is 1.46. The molecule has 0 aromatic carbocycles. The molecule has 4 nitrogen and oxygen atoms in total. The number of nitrogens with one attached hydrogen (secondary N) is 1. The van der Waals surface area contributed by atoms with Crippen LogP contribution in [0.5, 0.6) is 0 Å². The summed E-state index contributed by atoms with van der Waals surface area (Å²) in [6.45, 7) is 2.97. The Balaban J connectivity index is 2.15. The highest BCUT2D eigenvalue weighted by molar-refractivity contribution is 6.30. The Morgan fingerprint density at radius 2 is 2.38 bits per heavy atom. The maximum absolute atomic E-state index is 9.13. The second-order valence-corrected chi connectivity index (χ2v) is 4.24. The van der Waals surface area contributed by atoms with Crippen LogP contribution in [0.3, 0.4) is 0 Å². The summed E-state index contributed by atoms with van der Waals surface area (Å²) in [5.41, 5.74) is 1.90. The minimum absolute atomic E-state index is 0.345. The average molecular weight is 240 g/mol. The summed E-state index contributed by atoms with van der Waals surface area (Å²) in [7, 11) is 0. The Bertz CT molecular complexity index is 481. The highest BCUT2D eigenvalue weighted by atomic mass is 35.5. The van der Waals surface area contributed by atoms with Crippen LogP contribution < -0.4 is 5.32 Å². The van der Waals surface area contributed by atoms with E-state index in [0.717, 1.165) is 11.3 Å². The molecule has 2 aromatic rings. The van der Waals surface area contributed by atoms with Gasteiger partial charge in [0.1, 0.15) is 5.65 Å². The Kier molecular flexibility index (Phi) is 3.43. The first kappa shape index (κ1) is 11.4. The fourth-order valence-corrected chi connectivity index (χ4v) is 1.71. The molecule has 86 valence electrons. The van der Waals surface area contributed by atoms with Gasteiger partial charge >= 0.3 is 0 Å². The lowest BCUT2D eigenvalue weighted by molar-refractivity contribution is 0.191. The van der Waals surface area contributed by atoms with Crippen LogP contribution in [-0.2, 0) is 6.54 Å². The van der Waals surface area contributed by atoms with Crippen molar-refractivity contribution in [2.45, 2.75) is 19.6 Å². The number of fused-ring (bicyclic) bond motifs is 1. The molecule has 0 spiro atoms. The van der Waals surface area contributed by atoms with Gasteiger partial charge in [0, 0.05) is 19.3 Å². The molecule has 1 atom stereocenters. The SMILES string of the molecule is C[C@H](O)CNCc1cnc2ccc(Cl)cn12. The van der Waals surface area contributed by atoms with Gasteiger partial charge in [0.15, 0.2) is 0 Å². The largest absolute Gasteiger partial charge is 0.392 e. The van der Waals surface area contributed by atoms with Gasteiger partial charge in [-0.3, -0.25) is 0 Å². The Morgan fingerprint density at radius 3 is 3.12 bits per heavy atom. The number of halogens is 1. The van der Waals surface area contributed by atoms with Crippen LogP contribution in [0.1, 0.15) is 12.6 Å². The molecule has 0 amide bonds. The standard InChI is InChI=1S/C11H14ClN3O/c1-8(16)4-13-5-10-6-14-11-3-2-9(12)7-15(10)11/h2-3,6-8,13,16H,4-5H2,1H3/t8-/m0/s1. The summed E-state index contributed by atoms with van der Waals surface area (Å²) in [5.74, 6) is 0. The first-order valence-electron chi connectivity index (χ1n) is 5.17. The molecule has 0 bridgehead atoms. The third kappa shape index (κ3) is 2.52. The number of rotatable bonds is 4. The molecule has 0 saturated carbocycles. The fraction of sp³-hybridized carbons (Fsp3) is 0.364. The van der Waals surface area contributed by atoms with Crippen LogP contribution in [0.25, 0.3) is 5.65 Å². The van der Waals surface area contributed by atoms with Crippen molar-refractivity contribution < 1.29 is 5.11 Å². The van der Waals surface area contributed by atoms with Crippen LogP contribution in [0.15, 0.2) is 24.5 Å². The van der Waals surface area contributed by atoms with Crippen molar-refractivity contribution in [2.24, 2.45) is 0 Å². The van der Waals surface area contributed by atoms with E-state index in [4.69, 9.17) is 16.7 Å². The normalized spacial score (nSPS) is 13.2. The van der Waals surface area contributed by atoms with Crippen molar-refractivity contribution in [1.29, 1.82) is 0 Å². The van der Waals surface area contributed by atoms with Crippen molar-refractivity contribution in [3.8, 4) is 0 Å². The van der Waals surface area contributed by atoms with Crippen molar-refractivity contribution >= 4 is 17.2 Å². The second-order valence-electron chi connectivity index (χ2n) is 3.80. The lowest BCUT2D eigenvalue weighted by Crippen LogP contribution is -2.24. The Hall–Kier alpha value is -1.10. The maximum atomic E-state index is 9.13. The third-order valence-electron chi connectivity index (χ3n) is 2.29. The second kappa shape index (κ2) is 4.82. The zero-order valence-electron chi connectivity index (χ0n) is 9.02. The van der Waals surface area contributed by atoms with Gasteiger partial charge in [-0.25, -0.2) is 4.98 Å². The molecule has 0 radical (unpaired) electrons. The summed E-state index contributed by atoms with van der Waals surface area (Å²) in [5, 5.41) is 13.0. The van der Waals surface area contributed by atoms with Gasteiger partial charge in [0.05, 0.1) is 23.0 Å². The molecule has 2 rings (SSSR count). The molecular weight excluding hydrogens is 226 g/mol. The molecule has 0 aliphatic rings. The molecule has 2 heterocycles. The highest BCUT2D eigenvalue weighted by Gasteiger charge is 2.03. The fourth-order valence-electron chi connectivity index (χ4n) is 1.55. The molecule has 0 aliphatic carbocycles. The number of aliphatic hydroxyl groups excluding tert-OH is 1. The number of pyridine rings is 1. The number of imidazole rings is 1. The quantitative estimate of drug-likeness (QED) is 0.849. The van der Waals surface area contributed by atoms with Gasteiger partial charge in [0.2, 0.25) is 0 Å². The van der Waals surface area contributed by atoms with E-state index < -0.39 is 0 Å². The molecular formula is C11H14ClN3O. The summed E-state index contributed by atoms with van der Waals surface area (Å²) < 4.78 is 1.94. The van der Waals surface area contributed by atoms with Crippen LogP contribution in [-0.4, -0.2) is 27.1 Å². The molecule has 16 heavy (non-hydrogen) atoms. The summed E-state index contributed by atoms with van der Waals surface area (Å²) >= 11 is 5.92. The van der Waals surface area contributed by atoms with Gasteiger partial charge in [-0.1, -0.05) is 11.6 Å². The van der Waals surface area contributed by atoms with Crippen LogP contribution in [0.2, 0.25) is 5.02 Å². The maximum Gasteiger partial charge on any atom is 0.137 e. The highest BCUT2D eigenvalue weighted by Crippen LogP contribution is 2.12. The van der Waals surface area contributed by atoms with E-state index in [2.05, 4.69) is 10.3 Å². The lowest BCUT2D eigenvalue weighted by Gasteiger charge is -2.06. The number of hydrogen-bond donors (Lipinski definition) is 2. The van der Waals surface area contributed by atoms with Crippen molar-refractivity contribution in [1.82, 2.24) is 14.7 Å². The molecule has 0 aliphatic heterocycles. The summed E-state index contributed by atoms with van der Waals surface area (Å²) in [6, 6.07) is 3.69. The van der Waals surface area contributed by atoms with Crippen molar-refractivity contribution in [3.05, 3.63) is 35.2 Å². The molecule has 0 unspecified atom stereocenters.